The number of nitrogens with zero attached hydrogens (tertiary/aromatic N) is 5. The summed E-state index contributed by atoms with van der Waals surface area (Å²) in [4.78, 5) is 11.4. The minimum Gasteiger partial charge on any atom is -0.366 e. The lowest BCUT2D eigenvalue weighted by Crippen LogP contribution is -2.53. The van der Waals surface area contributed by atoms with Gasteiger partial charge in [0.15, 0.2) is 5.65 Å². The third-order valence-electron chi connectivity index (χ3n) is 4.95. The Morgan fingerprint density at radius 3 is 3.04 bits per heavy atom. The number of hydrogen-bond donors (Lipinski definition) is 2. The van der Waals surface area contributed by atoms with Crippen LogP contribution in [0.3, 0.4) is 0 Å². The number of nitrogens with one attached hydrogen (secondary N) is 2. The van der Waals surface area contributed by atoms with E-state index in [2.05, 4.69) is 67.5 Å². The SMILES string of the molecule is CC(C)C1CN(c2cc(NCc3cccnc3)n3ncc(Br)c3n2)CCN1. The molecule has 4 rings (SSSR count). The zero-order chi connectivity index (χ0) is 18.8. The normalized spacial score (nSPS) is 17.6. The van der Waals surface area contributed by atoms with Crippen molar-refractivity contribution in [3.8, 4) is 0 Å². The molecule has 0 aromatic carbocycles. The van der Waals surface area contributed by atoms with Gasteiger partial charge in [0.1, 0.15) is 11.6 Å². The van der Waals surface area contributed by atoms with Gasteiger partial charge in [0.25, 0.3) is 0 Å². The number of halogens is 1. The summed E-state index contributed by atoms with van der Waals surface area (Å²) in [7, 11) is 0. The van der Waals surface area contributed by atoms with Crippen LogP contribution in [0.25, 0.3) is 5.65 Å². The fourth-order valence-corrected chi connectivity index (χ4v) is 3.69. The molecule has 0 radical (unpaired) electrons. The summed E-state index contributed by atoms with van der Waals surface area (Å²) in [6, 6.07) is 6.56. The van der Waals surface area contributed by atoms with Crippen LogP contribution in [0.4, 0.5) is 11.6 Å². The molecule has 3 aromatic rings. The highest BCUT2D eigenvalue weighted by Gasteiger charge is 2.24. The summed E-state index contributed by atoms with van der Waals surface area (Å²) in [6.45, 7) is 8.06. The lowest BCUT2D eigenvalue weighted by molar-refractivity contribution is 0.367. The summed E-state index contributed by atoms with van der Waals surface area (Å²) in [6.07, 6.45) is 5.44. The van der Waals surface area contributed by atoms with Gasteiger partial charge >= 0.3 is 0 Å². The number of piperazine rings is 1. The van der Waals surface area contributed by atoms with E-state index in [1.165, 1.54) is 0 Å². The first kappa shape index (κ1) is 18.2. The van der Waals surface area contributed by atoms with Gasteiger partial charge in [-0.1, -0.05) is 19.9 Å². The molecule has 1 aliphatic heterocycles. The number of pyridine rings is 1. The molecule has 1 fully saturated rings. The Kier molecular flexibility index (Phi) is 5.27. The van der Waals surface area contributed by atoms with Crippen LogP contribution < -0.4 is 15.5 Å². The number of rotatable bonds is 5. The van der Waals surface area contributed by atoms with Crippen LogP contribution in [-0.2, 0) is 6.54 Å². The van der Waals surface area contributed by atoms with E-state index in [1.54, 1.807) is 12.4 Å². The number of hydrogen-bond acceptors (Lipinski definition) is 6. The van der Waals surface area contributed by atoms with E-state index in [0.717, 1.165) is 47.0 Å². The van der Waals surface area contributed by atoms with Gasteiger partial charge in [-0.3, -0.25) is 4.98 Å². The smallest absolute Gasteiger partial charge is 0.173 e. The van der Waals surface area contributed by atoms with Crippen molar-refractivity contribution in [2.24, 2.45) is 5.92 Å². The van der Waals surface area contributed by atoms with Gasteiger partial charge in [-0.15, -0.1) is 0 Å². The lowest BCUT2D eigenvalue weighted by atomic mass is 10.0. The molecule has 1 saturated heterocycles. The molecule has 0 saturated carbocycles. The minimum absolute atomic E-state index is 0.469. The second kappa shape index (κ2) is 7.82. The maximum atomic E-state index is 4.87. The van der Waals surface area contributed by atoms with Crippen molar-refractivity contribution in [2.75, 3.05) is 29.9 Å². The molecule has 1 unspecified atom stereocenters. The topological polar surface area (TPSA) is 70.4 Å². The van der Waals surface area contributed by atoms with Gasteiger partial charge < -0.3 is 15.5 Å². The van der Waals surface area contributed by atoms with Crippen LogP contribution in [0, 0.1) is 5.92 Å². The molecule has 7 nitrogen and oxygen atoms in total. The average Bonchev–Trinajstić information content (AvgIpc) is 3.08. The second-order valence-corrected chi connectivity index (χ2v) is 8.05. The summed E-state index contributed by atoms with van der Waals surface area (Å²) >= 11 is 3.58. The first-order valence-corrected chi connectivity index (χ1v) is 10.1. The van der Waals surface area contributed by atoms with Crippen LogP contribution >= 0.6 is 15.9 Å². The molecule has 8 heteroatoms. The van der Waals surface area contributed by atoms with Crippen molar-refractivity contribution in [1.29, 1.82) is 0 Å². The number of aromatic nitrogens is 4. The third kappa shape index (κ3) is 3.91. The van der Waals surface area contributed by atoms with Crippen molar-refractivity contribution in [3.05, 3.63) is 46.8 Å². The Morgan fingerprint density at radius 1 is 1.37 bits per heavy atom. The van der Waals surface area contributed by atoms with Crippen molar-refractivity contribution in [2.45, 2.75) is 26.4 Å². The molecular formula is C19H24BrN7. The first-order valence-electron chi connectivity index (χ1n) is 9.27. The zero-order valence-corrected chi connectivity index (χ0v) is 17.1. The van der Waals surface area contributed by atoms with Crippen LogP contribution in [0.15, 0.2) is 41.3 Å². The quantitative estimate of drug-likeness (QED) is 0.649. The fourth-order valence-electron chi connectivity index (χ4n) is 3.34. The summed E-state index contributed by atoms with van der Waals surface area (Å²) in [5, 5.41) is 11.6. The van der Waals surface area contributed by atoms with Gasteiger partial charge in [0.2, 0.25) is 0 Å². The van der Waals surface area contributed by atoms with Gasteiger partial charge in [-0.2, -0.15) is 9.61 Å². The Morgan fingerprint density at radius 2 is 2.26 bits per heavy atom. The zero-order valence-electron chi connectivity index (χ0n) is 15.6. The van der Waals surface area contributed by atoms with Crippen molar-refractivity contribution >= 4 is 33.2 Å². The Bertz CT molecular complexity index is 909. The Hall–Kier alpha value is -2.19. The number of fused-ring (bicyclic) bond motifs is 1. The molecular weight excluding hydrogens is 406 g/mol. The molecule has 0 bridgehead atoms. The highest BCUT2D eigenvalue weighted by atomic mass is 79.9. The standard InChI is InChI=1S/C19H24BrN7/c1-13(2)16-12-26(7-6-22-16)18-8-17(23-10-14-4-3-5-21-9-14)27-19(25-18)15(20)11-24-27/h3-5,8-9,11,13,16,22-23H,6-7,10,12H2,1-2H3. The maximum Gasteiger partial charge on any atom is 0.173 e. The fraction of sp³-hybridized carbons (Fsp3) is 0.421. The van der Waals surface area contributed by atoms with Crippen LogP contribution in [0.2, 0.25) is 0 Å². The Balaban J connectivity index is 1.64. The van der Waals surface area contributed by atoms with Gasteiger partial charge in [0.05, 0.1) is 10.7 Å². The average molecular weight is 430 g/mol. The minimum atomic E-state index is 0.469. The van der Waals surface area contributed by atoms with Crippen molar-refractivity contribution in [3.63, 3.8) is 0 Å². The molecule has 3 aromatic heterocycles. The highest BCUT2D eigenvalue weighted by molar-refractivity contribution is 9.10. The molecule has 0 aliphatic carbocycles. The monoisotopic (exact) mass is 429 g/mol. The van der Waals surface area contributed by atoms with E-state index in [9.17, 15) is 0 Å². The largest absolute Gasteiger partial charge is 0.366 e. The first-order chi connectivity index (χ1) is 13.1. The highest BCUT2D eigenvalue weighted by Crippen LogP contribution is 2.26. The number of anilines is 2. The van der Waals surface area contributed by atoms with Crippen LogP contribution in [-0.4, -0.2) is 45.3 Å². The molecule has 0 amide bonds. The Labute approximate surface area is 167 Å². The van der Waals surface area contributed by atoms with Crippen molar-refractivity contribution in [1.82, 2.24) is 24.9 Å². The third-order valence-corrected chi connectivity index (χ3v) is 5.51. The summed E-state index contributed by atoms with van der Waals surface area (Å²) in [5.41, 5.74) is 1.94. The second-order valence-electron chi connectivity index (χ2n) is 7.19. The van der Waals surface area contributed by atoms with Crippen LogP contribution in [0.1, 0.15) is 19.4 Å². The molecule has 142 valence electrons. The van der Waals surface area contributed by atoms with E-state index >= 15 is 0 Å². The van der Waals surface area contributed by atoms with Crippen LogP contribution in [0.5, 0.6) is 0 Å². The predicted molar refractivity (Wildman–Crippen MR) is 111 cm³/mol. The van der Waals surface area contributed by atoms with Gasteiger partial charge in [-0.25, -0.2) is 4.98 Å². The summed E-state index contributed by atoms with van der Waals surface area (Å²) < 4.78 is 2.73. The summed E-state index contributed by atoms with van der Waals surface area (Å²) in [5.74, 6) is 2.48. The van der Waals surface area contributed by atoms with E-state index in [1.807, 2.05) is 16.8 Å². The molecule has 27 heavy (non-hydrogen) atoms. The van der Waals surface area contributed by atoms with E-state index < -0.39 is 0 Å². The molecule has 1 atom stereocenters. The van der Waals surface area contributed by atoms with E-state index in [4.69, 9.17) is 4.98 Å². The molecule has 0 spiro atoms. The molecule has 2 N–H and O–H groups in total. The maximum absolute atomic E-state index is 4.87. The molecule has 4 heterocycles. The van der Waals surface area contributed by atoms with E-state index in [0.29, 0.717) is 18.5 Å². The van der Waals surface area contributed by atoms with E-state index in [-0.39, 0.29) is 0 Å². The molecule has 1 aliphatic rings. The van der Waals surface area contributed by atoms with Crippen molar-refractivity contribution < 1.29 is 0 Å². The van der Waals surface area contributed by atoms with Gasteiger partial charge in [0, 0.05) is 50.7 Å². The predicted octanol–water partition coefficient (Wildman–Crippen LogP) is 2.93. The van der Waals surface area contributed by atoms with Gasteiger partial charge in [-0.05, 0) is 33.5 Å². The lowest BCUT2D eigenvalue weighted by Gasteiger charge is -2.36.